The zero-order chi connectivity index (χ0) is 19.8. The number of hydrogen-bond acceptors (Lipinski definition) is 4. The van der Waals surface area contributed by atoms with E-state index in [1.807, 2.05) is 24.3 Å². The third-order valence-electron chi connectivity index (χ3n) is 4.39. The first kappa shape index (κ1) is 20.2. The van der Waals surface area contributed by atoms with Crippen molar-refractivity contribution in [2.75, 3.05) is 6.61 Å². The summed E-state index contributed by atoms with van der Waals surface area (Å²) >= 11 is 5.99. The van der Waals surface area contributed by atoms with E-state index in [0.29, 0.717) is 10.6 Å². The molecule has 0 aromatic heterocycles. The minimum absolute atomic E-state index is 0.263. The van der Waals surface area contributed by atoms with Crippen molar-refractivity contribution in [1.29, 1.82) is 0 Å². The summed E-state index contributed by atoms with van der Waals surface area (Å²) in [5.41, 5.74) is 1.80. The molecule has 0 radical (unpaired) electrons. The number of benzene rings is 2. The maximum absolute atomic E-state index is 12.1. The van der Waals surface area contributed by atoms with E-state index < -0.39 is 5.97 Å². The number of rotatable bonds is 9. The van der Waals surface area contributed by atoms with Crippen LogP contribution in [0.3, 0.4) is 0 Å². The van der Waals surface area contributed by atoms with Crippen molar-refractivity contribution in [3.05, 3.63) is 70.4 Å². The van der Waals surface area contributed by atoms with Crippen molar-refractivity contribution in [3.63, 3.8) is 0 Å². The molecule has 0 unspecified atom stereocenters. The second-order valence-corrected chi connectivity index (χ2v) is 7.11. The van der Waals surface area contributed by atoms with Gasteiger partial charge in [0.15, 0.2) is 5.70 Å². The molecule has 0 amide bonds. The highest BCUT2D eigenvalue weighted by Gasteiger charge is 2.24. The zero-order valence-electron chi connectivity index (χ0n) is 16.0. The third kappa shape index (κ3) is 5.70. The minimum atomic E-state index is -0.470. The Kier molecular flexibility index (Phi) is 7.26. The van der Waals surface area contributed by atoms with Gasteiger partial charge in [0, 0.05) is 10.6 Å². The monoisotopic (exact) mass is 397 g/mol. The molecule has 1 aliphatic heterocycles. The van der Waals surface area contributed by atoms with E-state index in [1.165, 1.54) is 25.7 Å². The summed E-state index contributed by atoms with van der Waals surface area (Å²) in [6.07, 6.45) is 7.77. The Morgan fingerprint density at radius 2 is 1.86 bits per heavy atom. The number of carbonyl (C=O) groups excluding carboxylic acids is 1. The van der Waals surface area contributed by atoms with E-state index >= 15 is 0 Å². The summed E-state index contributed by atoms with van der Waals surface area (Å²) < 4.78 is 11.0. The van der Waals surface area contributed by atoms with Gasteiger partial charge in [-0.2, -0.15) is 0 Å². The normalized spacial score (nSPS) is 14.9. The van der Waals surface area contributed by atoms with E-state index in [2.05, 4.69) is 11.9 Å². The molecule has 4 nitrogen and oxygen atoms in total. The Bertz CT molecular complexity index is 872. The highest BCUT2D eigenvalue weighted by atomic mass is 35.5. The number of hydrogen-bond donors (Lipinski definition) is 0. The van der Waals surface area contributed by atoms with Crippen molar-refractivity contribution in [2.24, 2.45) is 4.99 Å². The number of cyclic esters (lactones) is 1. The van der Waals surface area contributed by atoms with Crippen LogP contribution in [0, 0.1) is 0 Å². The Balaban J connectivity index is 1.59. The lowest BCUT2D eigenvalue weighted by Crippen LogP contribution is -2.05. The van der Waals surface area contributed by atoms with Gasteiger partial charge in [-0.1, -0.05) is 62.4 Å². The SMILES string of the molecule is CCCCCCCOc1ccc(/C=C2\N=C(c3cccc(Cl)c3)OC2=O)cc1. The second-order valence-electron chi connectivity index (χ2n) is 6.68. The van der Waals surface area contributed by atoms with Gasteiger partial charge in [0.05, 0.1) is 6.61 Å². The molecule has 0 saturated heterocycles. The van der Waals surface area contributed by atoms with Crippen LogP contribution in [0.1, 0.15) is 50.2 Å². The van der Waals surface area contributed by atoms with Crippen LogP contribution in [0.15, 0.2) is 59.2 Å². The second kappa shape index (κ2) is 10.1. The Morgan fingerprint density at radius 3 is 2.61 bits per heavy atom. The molecule has 1 heterocycles. The summed E-state index contributed by atoms with van der Waals surface area (Å²) in [6.45, 7) is 2.94. The fourth-order valence-electron chi connectivity index (χ4n) is 2.87. The maximum Gasteiger partial charge on any atom is 0.363 e. The molecular weight excluding hydrogens is 374 g/mol. The molecule has 0 fully saturated rings. The third-order valence-corrected chi connectivity index (χ3v) is 4.63. The molecule has 3 rings (SSSR count). The first-order valence-corrected chi connectivity index (χ1v) is 10.0. The predicted molar refractivity (Wildman–Crippen MR) is 113 cm³/mol. The fraction of sp³-hybridized carbons (Fsp3) is 0.304. The topological polar surface area (TPSA) is 47.9 Å². The van der Waals surface area contributed by atoms with Gasteiger partial charge in [0.25, 0.3) is 0 Å². The average molecular weight is 398 g/mol. The van der Waals surface area contributed by atoms with Crippen LogP contribution in [0.25, 0.3) is 6.08 Å². The first-order valence-electron chi connectivity index (χ1n) is 9.67. The van der Waals surface area contributed by atoms with Gasteiger partial charge in [0.2, 0.25) is 5.90 Å². The van der Waals surface area contributed by atoms with Gasteiger partial charge in [-0.05, 0) is 48.4 Å². The summed E-state index contributed by atoms with van der Waals surface area (Å²) in [5, 5.41) is 0.564. The van der Waals surface area contributed by atoms with Crippen LogP contribution in [-0.4, -0.2) is 18.5 Å². The molecule has 0 N–H and O–H groups in total. The predicted octanol–water partition coefficient (Wildman–Crippen LogP) is 6.03. The van der Waals surface area contributed by atoms with Crippen LogP contribution in [0.4, 0.5) is 0 Å². The summed E-state index contributed by atoms with van der Waals surface area (Å²) in [6, 6.07) is 14.7. The number of esters is 1. The van der Waals surface area contributed by atoms with Crippen LogP contribution in [-0.2, 0) is 9.53 Å². The smallest absolute Gasteiger partial charge is 0.363 e. The number of nitrogens with zero attached hydrogens (tertiary/aromatic N) is 1. The van der Waals surface area contributed by atoms with Crippen LogP contribution in [0.2, 0.25) is 5.02 Å². The van der Waals surface area contributed by atoms with Gasteiger partial charge in [-0.3, -0.25) is 0 Å². The van der Waals surface area contributed by atoms with Gasteiger partial charge in [-0.25, -0.2) is 9.79 Å². The molecule has 0 aliphatic carbocycles. The first-order chi connectivity index (χ1) is 13.7. The highest BCUT2D eigenvalue weighted by molar-refractivity contribution is 6.31. The van der Waals surface area contributed by atoms with Gasteiger partial charge in [0.1, 0.15) is 5.75 Å². The molecule has 2 aromatic carbocycles. The summed E-state index contributed by atoms with van der Waals surface area (Å²) in [7, 11) is 0. The van der Waals surface area contributed by atoms with Crippen LogP contribution < -0.4 is 4.74 Å². The molecule has 5 heteroatoms. The summed E-state index contributed by atoms with van der Waals surface area (Å²) in [4.78, 5) is 16.4. The molecule has 0 bridgehead atoms. The van der Waals surface area contributed by atoms with E-state index in [-0.39, 0.29) is 11.6 Å². The largest absolute Gasteiger partial charge is 0.494 e. The number of ether oxygens (including phenoxy) is 2. The molecular formula is C23H24ClNO3. The van der Waals surface area contributed by atoms with E-state index in [1.54, 1.807) is 30.3 Å². The van der Waals surface area contributed by atoms with E-state index in [0.717, 1.165) is 24.3 Å². The fourth-order valence-corrected chi connectivity index (χ4v) is 3.06. The maximum atomic E-state index is 12.1. The number of unbranched alkanes of at least 4 members (excludes halogenated alkanes) is 4. The Labute approximate surface area is 170 Å². The quantitative estimate of drug-likeness (QED) is 0.294. The molecule has 146 valence electrons. The van der Waals surface area contributed by atoms with Gasteiger partial charge >= 0.3 is 5.97 Å². The van der Waals surface area contributed by atoms with Crippen molar-refractivity contribution in [3.8, 4) is 5.75 Å². The van der Waals surface area contributed by atoms with Crippen molar-refractivity contribution >= 4 is 29.5 Å². The highest BCUT2D eigenvalue weighted by Crippen LogP contribution is 2.22. The lowest BCUT2D eigenvalue weighted by atomic mass is 10.1. The van der Waals surface area contributed by atoms with Gasteiger partial charge < -0.3 is 9.47 Å². The summed E-state index contributed by atoms with van der Waals surface area (Å²) in [5.74, 6) is 0.624. The average Bonchev–Trinajstić information content (AvgIpc) is 3.06. The van der Waals surface area contributed by atoms with Crippen molar-refractivity contribution in [1.82, 2.24) is 0 Å². The number of halogens is 1. The molecule has 28 heavy (non-hydrogen) atoms. The molecule has 0 spiro atoms. The van der Waals surface area contributed by atoms with Crippen LogP contribution >= 0.6 is 11.6 Å². The number of aliphatic imine (C=N–C) groups is 1. The molecule has 0 atom stereocenters. The minimum Gasteiger partial charge on any atom is -0.494 e. The molecule has 0 saturated carbocycles. The van der Waals surface area contributed by atoms with Crippen molar-refractivity contribution in [2.45, 2.75) is 39.0 Å². The lowest BCUT2D eigenvalue weighted by Gasteiger charge is -2.06. The molecule has 1 aliphatic rings. The van der Waals surface area contributed by atoms with Crippen molar-refractivity contribution < 1.29 is 14.3 Å². The zero-order valence-corrected chi connectivity index (χ0v) is 16.7. The molecule has 2 aromatic rings. The lowest BCUT2D eigenvalue weighted by molar-refractivity contribution is -0.129. The van der Waals surface area contributed by atoms with Gasteiger partial charge in [-0.15, -0.1) is 0 Å². The Morgan fingerprint density at radius 1 is 1.07 bits per heavy atom. The van der Waals surface area contributed by atoms with E-state index in [9.17, 15) is 4.79 Å². The van der Waals surface area contributed by atoms with E-state index in [4.69, 9.17) is 21.1 Å². The Hall–Kier alpha value is -2.59. The van der Waals surface area contributed by atoms with Crippen LogP contribution in [0.5, 0.6) is 5.75 Å². The number of carbonyl (C=O) groups is 1. The standard InChI is InChI=1S/C23H24ClNO3/c1-2-3-4-5-6-14-27-20-12-10-17(11-13-20)15-21-23(26)28-22(25-21)18-8-7-9-19(24)16-18/h7-13,15-16H,2-6,14H2,1H3/b21-15-.